The summed E-state index contributed by atoms with van der Waals surface area (Å²) in [5.74, 6) is -0.108. The number of aryl methyl sites for hydroxylation is 1. The van der Waals surface area contributed by atoms with Crippen molar-refractivity contribution in [2.24, 2.45) is 7.05 Å². The average Bonchev–Trinajstić information content (AvgIpc) is 2.74. The molecule has 0 aliphatic carbocycles. The minimum Gasteiger partial charge on any atom is -0.319 e. The summed E-state index contributed by atoms with van der Waals surface area (Å²) in [5.41, 5.74) is 1.39. The Balaban J connectivity index is 2.20. The zero-order valence-electron chi connectivity index (χ0n) is 9.68. The van der Waals surface area contributed by atoms with Crippen molar-refractivity contribution >= 4 is 23.4 Å². The van der Waals surface area contributed by atoms with Gasteiger partial charge in [0.25, 0.3) is 5.91 Å². The zero-order chi connectivity index (χ0) is 12.3. The Kier molecular flexibility index (Phi) is 3.49. The topological polar surface area (TPSA) is 46.9 Å². The summed E-state index contributed by atoms with van der Waals surface area (Å²) >= 11 is 1.56. The maximum atomic E-state index is 12.0. The van der Waals surface area contributed by atoms with Gasteiger partial charge in [0, 0.05) is 18.1 Å². The molecule has 0 bridgehead atoms. The number of amides is 1. The minimum atomic E-state index is -0.108. The summed E-state index contributed by atoms with van der Waals surface area (Å²) < 4.78 is 1.65. The zero-order valence-corrected chi connectivity index (χ0v) is 10.5. The highest BCUT2D eigenvalue weighted by molar-refractivity contribution is 7.98. The van der Waals surface area contributed by atoms with Crippen LogP contribution in [-0.2, 0) is 7.05 Å². The number of nitrogens with zero attached hydrogens (tertiary/aromatic N) is 2. The van der Waals surface area contributed by atoms with Gasteiger partial charge in [-0.1, -0.05) is 12.1 Å². The van der Waals surface area contributed by atoms with Crippen LogP contribution in [0.1, 0.15) is 10.4 Å². The van der Waals surface area contributed by atoms with Crippen LogP contribution in [-0.4, -0.2) is 21.9 Å². The Morgan fingerprint density at radius 2 is 2.18 bits per heavy atom. The fraction of sp³-hybridized carbons (Fsp3) is 0.167. The first-order valence-corrected chi connectivity index (χ1v) is 6.36. The molecular formula is C12H13N3OS. The number of carbonyl (C=O) groups is 1. The van der Waals surface area contributed by atoms with Crippen LogP contribution in [0.2, 0.25) is 0 Å². The number of benzene rings is 1. The second-order valence-electron chi connectivity index (χ2n) is 3.56. The number of anilines is 1. The van der Waals surface area contributed by atoms with E-state index in [1.165, 1.54) is 0 Å². The number of thioether (sulfide) groups is 1. The highest BCUT2D eigenvalue weighted by Gasteiger charge is 2.10. The fourth-order valence-corrected chi connectivity index (χ4v) is 2.11. The molecule has 5 heteroatoms. The van der Waals surface area contributed by atoms with Crippen molar-refractivity contribution < 1.29 is 4.79 Å². The lowest BCUT2D eigenvalue weighted by Crippen LogP contribution is -2.12. The molecule has 88 valence electrons. The van der Waals surface area contributed by atoms with Crippen molar-refractivity contribution in [3.63, 3.8) is 0 Å². The van der Waals surface area contributed by atoms with Gasteiger partial charge in [-0.15, -0.1) is 11.8 Å². The van der Waals surface area contributed by atoms with Gasteiger partial charge in [-0.3, -0.25) is 9.48 Å². The van der Waals surface area contributed by atoms with E-state index in [1.54, 1.807) is 28.8 Å². The van der Waals surface area contributed by atoms with Gasteiger partial charge >= 0.3 is 0 Å². The van der Waals surface area contributed by atoms with Crippen LogP contribution < -0.4 is 5.32 Å². The molecule has 0 aliphatic rings. The third-order valence-electron chi connectivity index (χ3n) is 2.31. The lowest BCUT2D eigenvalue weighted by molar-refractivity contribution is 0.102. The van der Waals surface area contributed by atoms with Crippen LogP contribution in [0.15, 0.2) is 41.6 Å². The Morgan fingerprint density at radius 1 is 1.41 bits per heavy atom. The molecule has 0 unspecified atom stereocenters. The van der Waals surface area contributed by atoms with Crippen LogP contribution >= 0.6 is 11.8 Å². The van der Waals surface area contributed by atoms with Gasteiger partial charge in [-0.2, -0.15) is 5.10 Å². The molecule has 0 atom stereocenters. The highest BCUT2D eigenvalue weighted by atomic mass is 32.2. The van der Waals surface area contributed by atoms with E-state index in [-0.39, 0.29) is 5.91 Å². The molecule has 0 saturated heterocycles. The summed E-state index contributed by atoms with van der Waals surface area (Å²) in [5, 5.41) is 6.82. The third-order valence-corrected chi connectivity index (χ3v) is 3.11. The van der Waals surface area contributed by atoms with Crippen LogP contribution in [0.5, 0.6) is 0 Å². The molecular weight excluding hydrogens is 234 g/mol. The molecule has 2 aromatic rings. The predicted octanol–water partition coefficient (Wildman–Crippen LogP) is 2.39. The molecule has 1 aromatic heterocycles. The highest BCUT2D eigenvalue weighted by Crippen LogP contribution is 2.20. The quantitative estimate of drug-likeness (QED) is 0.847. The Morgan fingerprint density at radius 3 is 2.82 bits per heavy atom. The monoisotopic (exact) mass is 247 g/mol. The number of nitrogens with one attached hydrogen (secondary N) is 1. The maximum Gasteiger partial charge on any atom is 0.256 e. The van der Waals surface area contributed by atoms with Crippen molar-refractivity contribution in [3.05, 3.63) is 42.2 Å². The van der Waals surface area contributed by atoms with Gasteiger partial charge < -0.3 is 5.32 Å². The van der Waals surface area contributed by atoms with E-state index in [1.807, 2.05) is 37.6 Å². The molecule has 1 aromatic carbocycles. The standard InChI is InChI=1S/C12H13N3OS/c1-15-8-9(7-13-15)14-12(16)10-5-3-4-6-11(10)17-2/h3-8H,1-2H3,(H,14,16). The van der Waals surface area contributed by atoms with E-state index in [4.69, 9.17) is 0 Å². The number of aromatic nitrogens is 2. The normalized spacial score (nSPS) is 10.2. The molecule has 0 aliphatic heterocycles. The second-order valence-corrected chi connectivity index (χ2v) is 4.41. The van der Waals surface area contributed by atoms with Crippen LogP contribution in [0.25, 0.3) is 0 Å². The van der Waals surface area contributed by atoms with Crippen molar-refractivity contribution in [3.8, 4) is 0 Å². The first-order valence-electron chi connectivity index (χ1n) is 5.13. The van der Waals surface area contributed by atoms with Crippen LogP contribution in [0, 0.1) is 0 Å². The van der Waals surface area contributed by atoms with E-state index < -0.39 is 0 Å². The Bertz CT molecular complexity index is 536. The smallest absolute Gasteiger partial charge is 0.256 e. The van der Waals surface area contributed by atoms with E-state index in [0.717, 1.165) is 4.90 Å². The number of carbonyl (C=O) groups excluding carboxylic acids is 1. The van der Waals surface area contributed by atoms with Gasteiger partial charge in [-0.25, -0.2) is 0 Å². The molecule has 1 heterocycles. The maximum absolute atomic E-state index is 12.0. The van der Waals surface area contributed by atoms with E-state index >= 15 is 0 Å². The number of rotatable bonds is 3. The molecule has 2 rings (SSSR count). The van der Waals surface area contributed by atoms with Crippen molar-refractivity contribution in [2.75, 3.05) is 11.6 Å². The molecule has 0 fully saturated rings. The molecule has 17 heavy (non-hydrogen) atoms. The lowest BCUT2D eigenvalue weighted by Gasteiger charge is -2.06. The number of hydrogen-bond donors (Lipinski definition) is 1. The number of hydrogen-bond acceptors (Lipinski definition) is 3. The first kappa shape index (κ1) is 11.7. The summed E-state index contributed by atoms with van der Waals surface area (Å²) in [6.45, 7) is 0. The SMILES string of the molecule is CSc1ccccc1C(=O)Nc1cnn(C)c1. The van der Waals surface area contributed by atoms with Gasteiger partial charge in [0.05, 0.1) is 17.4 Å². The van der Waals surface area contributed by atoms with E-state index in [0.29, 0.717) is 11.3 Å². The van der Waals surface area contributed by atoms with Gasteiger partial charge in [0.15, 0.2) is 0 Å². The largest absolute Gasteiger partial charge is 0.319 e. The van der Waals surface area contributed by atoms with Crippen molar-refractivity contribution in [1.29, 1.82) is 0 Å². The second kappa shape index (κ2) is 5.05. The van der Waals surface area contributed by atoms with Gasteiger partial charge in [0.2, 0.25) is 0 Å². The Hall–Kier alpha value is -1.75. The summed E-state index contributed by atoms with van der Waals surface area (Å²) in [6.07, 6.45) is 5.34. The van der Waals surface area contributed by atoms with Crippen molar-refractivity contribution in [1.82, 2.24) is 9.78 Å². The van der Waals surface area contributed by atoms with E-state index in [2.05, 4.69) is 10.4 Å². The van der Waals surface area contributed by atoms with Crippen LogP contribution in [0.4, 0.5) is 5.69 Å². The first-order chi connectivity index (χ1) is 8.20. The molecule has 1 amide bonds. The third kappa shape index (κ3) is 2.68. The fourth-order valence-electron chi connectivity index (χ4n) is 1.52. The summed E-state index contributed by atoms with van der Waals surface area (Å²) in [4.78, 5) is 13.0. The van der Waals surface area contributed by atoms with Gasteiger partial charge in [0.1, 0.15) is 0 Å². The van der Waals surface area contributed by atoms with Crippen LogP contribution in [0.3, 0.4) is 0 Å². The molecule has 0 radical (unpaired) electrons. The Labute approximate surface area is 104 Å². The summed E-state index contributed by atoms with van der Waals surface area (Å²) in [6, 6.07) is 7.53. The minimum absolute atomic E-state index is 0.108. The van der Waals surface area contributed by atoms with E-state index in [9.17, 15) is 4.79 Å². The molecule has 4 nitrogen and oxygen atoms in total. The molecule has 0 spiro atoms. The predicted molar refractivity (Wildman–Crippen MR) is 69.4 cm³/mol. The average molecular weight is 247 g/mol. The molecule has 0 saturated carbocycles. The van der Waals surface area contributed by atoms with Crippen molar-refractivity contribution in [2.45, 2.75) is 4.90 Å². The molecule has 1 N–H and O–H groups in total. The van der Waals surface area contributed by atoms with Gasteiger partial charge in [-0.05, 0) is 18.4 Å². The summed E-state index contributed by atoms with van der Waals surface area (Å²) in [7, 11) is 1.81. The lowest BCUT2D eigenvalue weighted by atomic mass is 10.2.